The largest absolute Gasteiger partial charge is 0.501 e. The van der Waals surface area contributed by atoms with Crippen LogP contribution in [0.25, 0.3) is 34.1 Å². The smallest absolute Gasteiger partial charge is 0.407 e. The number of nitrogens with zero attached hydrogens (tertiary/aromatic N) is 6. The molecule has 0 radical (unpaired) electrons. The molecule has 2 bridgehead atoms. The van der Waals surface area contributed by atoms with Crippen LogP contribution in [0.4, 0.5) is 10.6 Å². The second kappa shape index (κ2) is 17.2. The van der Waals surface area contributed by atoms with E-state index in [0.29, 0.717) is 51.8 Å². The number of fused-ring (bicyclic) bond motifs is 3. The number of piperidine rings is 1. The Hall–Kier alpha value is -4.05. The second-order valence-corrected chi connectivity index (χ2v) is 28.3. The lowest BCUT2D eigenvalue weighted by Gasteiger charge is -2.38. The monoisotopic (exact) mass is 770 g/mol. The Morgan fingerprint density at radius 2 is 1.56 bits per heavy atom. The number of amides is 1. The maximum Gasteiger partial charge on any atom is 0.407 e. The van der Waals surface area contributed by atoms with Gasteiger partial charge >= 0.3 is 6.09 Å². The molecule has 2 unspecified atom stereocenters. The number of carbonyl (C=O) groups is 1. The summed E-state index contributed by atoms with van der Waals surface area (Å²) in [6.45, 7) is 18.6. The van der Waals surface area contributed by atoms with E-state index in [-0.39, 0.29) is 18.0 Å². The van der Waals surface area contributed by atoms with Crippen LogP contribution in [-0.4, -0.2) is 97.2 Å². The molecule has 0 aliphatic carbocycles. The van der Waals surface area contributed by atoms with E-state index in [1.165, 1.54) is 0 Å². The third-order valence-electron chi connectivity index (χ3n) is 10.5. The number of rotatable bonds is 17. The van der Waals surface area contributed by atoms with Crippen LogP contribution in [0.3, 0.4) is 0 Å². The van der Waals surface area contributed by atoms with Crippen molar-refractivity contribution in [2.45, 2.75) is 102 Å². The number of aromatic nitrogens is 4. The van der Waals surface area contributed by atoms with Crippen molar-refractivity contribution in [2.24, 2.45) is 0 Å². The number of hydrogen-bond acceptors (Lipinski definition) is 8. The molecule has 1 aromatic carbocycles. The molecular weight excluding hydrogens is 713 g/mol. The first kappa shape index (κ1) is 39.6. The van der Waals surface area contributed by atoms with Crippen LogP contribution in [0, 0.1) is 0 Å². The highest BCUT2D eigenvalue weighted by Crippen LogP contribution is 2.45. The van der Waals surface area contributed by atoms with Crippen LogP contribution in [-0.2, 0) is 14.2 Å². The Morgan fingerprint density at radius 3 is 2.11 bits per heavy atom. The molecule has 6 rings (SSSR count). The highest BCUT2D eigenvalue weighted by Gasteiger charge is 2.45. The molecular formula is C41H58N6O5Si2. The zero-order valence-electron chi connectivity index (χ0n) is 33.1. The number of carboxylic acid groups (broad SMARTS) is 1. The topological polar surface area (TPSA) is 115 Å². The summed E-state index contributed by atoms with van der Waals surface area (Å²) >= 11 is 0. The zero-order valence-corrected chi connectivity index (χ0v) is 35.1. The van der Waals surface area contributed by atoms with Gasteiger partial charge in [0, 0.05) is 75.8 Å². The highest BCUT2D eigenvalue weighted by molar-refractivity contribution is 6.76. The van der Waals surface area contributed by atoms with E-state index >= 15 is 0 Å². The van der Waals surface area contributed by atoms with E-state index < -0.39 is 22.2 Å². The van der Waals surface area contributed by atoms with Gasteiger partial charge < -0.3 is 29.1 Å². The van der Waals surface area contributed by atoms with Gasteiger partial charge in [-0.15, -0.1) is 0 Å². The van der Waals surface area contributed by atoms with Gasteiger partial charge in [-0.05, 0) is 56.8 Å². The normalized spacial score (nSPS) is 18.9. The van der Waals surface area contributed by atoms with Gasteiger partial charge in [0.1, 0.15) is 19.3 Å². The van der Waals surface area contributed by atoms with Gasteiger partial charge in [0.05, 0.1) is 30.5 Å². The third kappa shape index (κ3) is 9.60. The lowest BCUT2D eigenvalue weighted by Crippen LogP contribution is -2.45. The molecule has 2 aliphatic rings. The number of benzene rings is 1. The molecule has 11 nitrogen and oxygen atoms in total. The zero-order chi connectivity index (χ0) is 38.5. The first-order valence-electron chi connectivity index (χ1n) is 19.5. The lowest BCUT2D eigenvalue weighted by molar-refractivity contribution is 0.0933. The molecule has 3 aromatic heterocycles. The van der Waals surface area contributed by atoms with Gasteiger partial charge in [0.25, 0.3) is 0 Å². The molecule has 1 N–H and O–H groups in total. The Morgan fingerprint density at radius 1 is 0.907 bits per heavy atom. The Kier molecular flexibility index (Phi) is 12.6. The van der Waals surface area contributed by atoms with E-state index in [0.717, 1.165) is 64.4 Å². The van der Waals surface area contributed by atoms with Gasteiger partial charge in [-0.1, -0.05) is 75.7 Å². The minimum Gasteiger partial charge on any atom is -0.501 e. The Balaban J connectivity index is 1.49. The molecule has 2 saturated heterocycles. The van der Waals surface area contributed by atoms with E-state index in [1.807, 2.05) is 54.2 Å². The Bertz CT molecular complexity index is 1850. The molecule has 5 heterocycles. The van der Waals surface area contributed by atoms with E-state index in [2.05, 4.69) is 62.4 Å². The molecule has 54 heavy (non-hydrogen) atoms. The van der Waals surface area contributed by atoms with E-state index in [1.54, 1.807) is 11.2 Å². The van der Waals surface area contributed by atoms with Crippen molar-refractivity contribution in [2.75, 3.05) is 38.2 Å². The third-order valence-corrected chi connectivity index (χ3v) is 13.9. The summed E-state index contributed by atoms with van der Waals surface area (Å²) in [6, 6.07) is 16.3. The van der Waals surface area contributed by atoms with Crippen molar-refractivity contribution >= 4 is 39.8 Å². The molecule has 1 amide bonds. The summed E-state index contributed by atoms with van der Waals surface area (Å²) in [6.07, 6.45) is 9.82. The fraction of sp³-hybridized carbons (Fsp3) is 0.512. The van der Waals surface area contributed by atoms with Crippen LogP contribution in [0.15, 0.2) is 61.1 Å². The minimum atomic E-state index is -1.33. The molecule has 290 valence electrons. The van der Waals surface area contributed by atoms with Crippen LogP contribution < -0.4 is 4.90 Å². The summed E-state index contributed by atoms with van der Waals surface area (Å²) < 4.78 is 20.7. The van der Waals surface area contributed by atoms with Crippen molar-refractivity contribution in [1.82, 2.24) is 24.5 Å². The van der Waals surface area contributed by atoms with Gasteiger partial charge in [0.15, 0.2) is 5.65 Å². The van der Waals surface area contributed by atoms with Gasteiger partial charge in [-0.2, -0.15) is 9.61 Å². The van der Waals surface area contributed by atoms with Crippen LogP contribution in [0.2, 0.25) is 51.4 Å². The fourth-order valence-corrected chi connectivity index (χ4v) is 9.02. The maximum atomic E-state index is 12.3. The number of ether oxygens (including phenoxy) is 3. The summed E-state index contributed by atoms with van der Waals surface area (Å²) in [4.78, 5) is 26.4. The number of hydrogen-bond donors (Lipinski definition) is 1. The quantitative estimate of drug-likeness (QED) is 0.0486. The van der Waals surface area contributed by atoms with Crippen molar-refractivity contribution in [3.63, 3.8) is 0 Å². The SMILES string of the molecule is CCOC=Cc1c(C2CC3CCC(C2)N3C(=O)O)nc2c(-c3ccc(-c4ccccc4)nc3)cnn2c1N(COCC[Si](C)(C)C)COCC[Si](C)(C)C. The van der Waals surface area contributed by atoms with E-state index in [9.17, 15) is 9.90 Å². The van der Waals surface area contributed by atoms with Crippen LogP contribution >= 0.6 is 0 Å². The summed E-state index contributed by atoms with van der Waals surface area (Å²) in [5.74, 6) is 0.854. The standard InChI is InChI=1S/C41H58N6O5Si2/c1-8-50-19-18-35-38(32-24-33-15-16-34(25-32)46(33)41(48)49)44-39-36(31-14-17-37(42-26-31)30-12-10-9-11-13-30)27-43-47(39)40(35)45(28-51-20-22-53(2,3)4)29-52-21-23-54(5,6)7/h9-14,17-19,26-27,32-34H,8,15-16,20-25,28-29H2,1-7H3,(H,48,49). The fourth-order valence-electron chi connectivity index (χ4n) is 7.51. The van der Waals surface area contributed by atoms with Crippen molar-refractivity contribution in [1.29, 1.82) is 0 Å². The molecule has 2 fully saturated rings. The van der Waals surface area contributed by atoms with Crippen molar-refractivity contribution < 1.29 is 24.1 Å². The molecule has 2 aliphatic heterocycles. The van der Waals surface area contributed by atoms with Gasteiger partial charge in [-0.25, -0.2) is 9.78 Å². The average molecular weight is 771 g/mol. The van der Waals surface area contributed by atoms with Crippen LogP contribution in [0.5, 0.6) is 0 Å². The highest BCUT2D eigenvalue weighted by atomic mass is 28.3. The predicted molar refractivity (Wildman–Crippen MR) is 221 cm³/mol. The molecule has 2 atom stereocenters. The molecule has 0 spiro atoms. The summed E-state index contributed by atoms with van der Waals surface area (Å²) in [7, 11) is -2.65. The van der Waals surface area contributed by atoms with Crippen molar-refractivity contribution in [3.8, 4) is 22.4 Å². The Labute approximate surface area is 322 Å². The van der Waals surface area contributed by atoms with Crippen LogP contribution in [0.1, 0.15) is 49.8 Å². The van der Waals surface area contributed by atoms with Crippen molar-refractivity contribution in [3.05, 3.63) is 72.4 Å². The number of pyridine rings is 1. The van der Waals surface area contributed by atoms with Gasteiger partial charge in [0.2, 0.25) is 0 Å². The summed E-state index contributed by atoms with van der Waals surface area (Å²) in [5.41, 5.74) is 6.25. The first-order valence-corrected chi connectivity index (χ1v) is 26.9. The minimum absolute atomic E-state index is 0.0342. The lowest BCUT2D eigenvalue weighted by atomic mass is 9.86. The summed E-state index contributed by atoms with van der Waals surface area (Å²) in [5, 5.41) is 15.1. The predicted octanol–water partition coefficient (Wildman–Crippen LogP) is 9.28. The molecule has 13 heteroatoms. The second-order valence-electron chi connectivity index (χ2n) is 17.1. The maximum absolute atomic E-state index is 12.3. The van der Waals surface area contributed by atoms with Gasteiger partial charge in [-0.3, -0.25) is 4.98 Å². The number of anilines is 1. The first-order chi connectivity index (χ1) is 25.8. The average Bonchev–Trinajstić information content (AvgIpc) is 3.68. The molecule has 4 aromatic rings. The molecule has 0 saturated carbocycles. The van der Waals surface area contributed by atoms with E-state index in [4.69, 9.17) is 29.3 Å².